The first-order valence-electron chi connectivity index (χ1n) is 36.1. The van der Waals surface area contributed by atoms with E-state index in [2.05, 4.69) is 106 Å². The van der Waals surface area contributed by atoms with E-state index in [1.54, 1.807) is 0 Å². The second kappa shape index (κ2) is 71.1. The van der Waals surface area contributed by atoms with Gasteiger partial charge in [0.1, 0.15) is 13.2 Å². The Hall–Kier alpha value is -3.41. The van der Waals surface area contributed by atoms with Gasteiger partial charge in [0.25, 0.3) is 0 Å². The Morgan fingerprint density at radius 2 is 0.470 bits per heavy atom. The van der Waals surface area contributed by atoms with Crippen LogP contribution in [0.25, 0.3) is 0 Å². The van der Waals surface area contributed by atoms with Crippen LogP contribution in [0.15, 0.2) is 85.1 Å². The van der Waals surface area contributed by atoms with E-state index < -0.39 is 6.10 Å². The first-order chi connectivity index (χ1) is 41.0. The summed E-state index contributed by atoms with van der Waals surface area (Å²) in [5.74, 6) is -0.888. The summed E-state index contributed by atoms with van der Waals surface area (Å²) in [7, 11) is 0. The molecule has 0 aromatic heterocycles. The van der Waals surface area contributed by atoms with Crippen LogP contribution in [0.2, 0.25) is 0 Å². The Kier molecular flexibility index (Phi) is 68.2. The van der Waals surface area contributed by atoms with Crippen LogP contribution in [0.5, 0.6) is 0 Å². The van der Waals surface area contributed by atoms with E-state index in [9.17, 15) is 14.4 Å². The van der Waals surface area contributed by atoms with Crippen molar-refractivity contribution < 1.29 is 28.6 Å². The Morgan fingerprint density at radius 1 is 0.253 bits per heavy atom. The normalized spacial score (nSPS) is 12.6. The largest absolute Gasteiger partial charge is 0.462 e. The zero-order chi connectivity index (χ0) is 59.9. The highest BCUT2D eigenvalue weighted by Crippen LogP contribution is 2.18. The molecule has 6 heteroatoms. The maximum Gasteiger partial charge on any atom is 0.306 e. The average molecular weight is 1160 g/mol. The van der Waals surface area contributed by atoms with Crippen LogP contribution in [0, 0.1) is 0 Å². The van der Waals surface area contributed by atoms with Crippen molar-refractivity contribution >= 4 is 17.9 Å². The van der Waals surface area contributed by atoms with Crippen molar-refractivity contribution in [3.05, 3.63) is 85.1 Å². The molecule has 0 aliphatic heterocycles. The van der Waals surface area contributed by atoms with E-state index in [4.69, 9.17) is 14.2 Å². The molecule has 0 saturated carbocycles. The van der Waals surface area contributed by atoms with Gasteiger partial charge in [-0.3, -0.25) is 14.4 Å². The van der Waals surface area contributed by atoms with Crippen molar-refractivity contribution in [3.63, 3.8) is 0 Å². The number of hydrogen-bond donors (Lipinski definition) is 0. The Bertz CT molecular complexity index is 1570. The van der Waals surface area contributed by atoms with Crippen LogP contribution in [0.4, 0.5) is 0 Å². The van der Waals surface area contributed by atoms with Gasteiger partial charge in [-0.25, -0.2) is 0 Å². The van der Waals surface area contributed by atoms with Crippen LogP contribution in [-0.2, 0) is 28.6 Å². The van der Waals surface area contributed by atoms with Crippen LogP contribution in [-0.4, -0.2) is 37.2 Å². The molecule has 0 bridgehead atoms. The van der Waals surface area contributed by atoms with Crippen molar-refractivity contribution in [3.8, 4) is 0 Å². The lowest BCUT2D eigenvalue weighted by molar-refractivity contribution is -0.167. The topological polar surface area (TPSA) is 78.9 Å². The molecule has 0 aromatic carbocycles. The van der Waals surface area contributed by atoms with Crippen LogP contribution in [0.1, 0.15) is 367 Å². The Labute approximate surface area is 515 Å². The fourth-order valence-corrected chi connectivity index (χ4v) is 10.6. The lowest BCUT2D eigenvalue weighted by Gasteiger charge is -2.18. The summed E-state index contributed by atoms with van der Waals surface area (Å²) in [5.41, 5.74) is 0. The van der Waals surface area contributed by atoms with Gasteiger partial charge in [-0.05, 0) is 89.9 Å². The molecule has 0 amide bonds. The third-order valence-corrected chi connectivity index (χ3v) is 15.9. The molecule has 83 heavy (non-hydrogen) atoms. The Balaban J connectivity index is 4.27. The number of unbranched alkanes of at least 4 members (excludes halogenated alkanes) is 41. The molecule has 6 nitrogen and oxygen atoms in total. The minimum atomic E-state index is -0.790. The second-order valence-electron chi connectivity index (χ2n) is 24.1. The summed E-state index contributed by atoms with van der Waals surface area (Å²) in [6.07, 6.45) is 94.8. The number of hydrogen-bond acceptors (Lipinski definition) is 6. The summed E-state index contributed by atoms with van der Waals surface area (Å²) >= 11 is 0. The number of ether oxygens (including phenoxy) is 3. The van der Waals surface area contributed by atoms with Gasteiger partial charge < -0.3 is 14.2 Å². The van der Waals surface area contributed by atoms with Crippen LogP contribution >= 0.6 is 0 Å². The van der Waals surface area contributed by atoms with Gasteiger partial charge in [0, 0.05) is 19.3 Å². The van der Waals surface area contributed by atoms with E-state index in [1.807, 2.05) is 0 Å². The van der Waals surface area contributed by atoms with Crippen molar-refractivity contribution in [1.82, 2.24) is 0 Å². The summed E-state index contributed by atoms with van der Waals surface area (Å²) in [6.45, 7) is 6.45. The molecule has 0 heterocycles. The smallest absolute Gasteiger partial charge is 0.306 e. The maximum absolute atomic E-state index is 13.0. The van der Waals surface area contributed by atoms with Gasteiger partial charge in [0.15, 0.2) is 6.10 Å². The molecule has 0 aromatic rings. The zero-order valence-corrected chi connectivity index (χ0v) is 55.2. The molecule has 1 unspecified atom stereocenters. The van der Waals surface area contributed by atoms with Gasteiger partial charge in [-0.1, -0.05) is 343 Å². The molecule has 0 saturated heterocycles. The van der Waals surface area contributed by atoms with E-state index in [0.717, 1.165) is 122 Å². The lowest BCUT2D eigenvalue weighted by atomic mass is 10.0. The number of carbonyl (C=O) groups excluding carboxylic acids is 3. The molecule has 480 valence electrons. The minimum absolute atomic E-state index is 0.0829. The first kappa shape index (κ1) is 79.6. The van der Waals surface area contributed by atoms with Gasteiger partial charge >= 0.3 is 17.9 Å². The lowest BCUT2D eigenvalue weighted by Crippen LogP contribution is -2.30. The predicted octanol–water partition coefficient (Wildman–Crippen LogP) is 25.0. The molecular weight excluding hydrogens is 1020 g/mol. The second-order valence-corrected chi connectivity index (χ2v) is 24.1. The molecule has 0 radical (unpaired) electrons. The first-order valence-corrected chi connectivity index (χ1v) is 36.1. The van der Waals surface area contributed by atoms with Gasteiger partial charge in [0.05, 0.1) is 0 Å². The van der Waals surface area contributed by atoms with Crippen LogP contribution in [0.3, 0.4) is 0 Å². The summed E-state index contributed by atoms with van der Waals surface area (Å²) in [5, 5.41) is 0. The number of allylic oxidation sites excluding steroid dienone is 14. The van der Waals surface area contributed by atoms with E-state index in [1.165, 1.54) is 205 Å². The Morgan fingerprint density at radius 3 is 0.735 bits per heavy atom. The third kappa shape index (κ3) is 69.3. The van der Waals surface area contributed by atoms with E-state index >= 15 is 0 Å². The highest BCUT2D eigenvalue weighted by molar-refractivity contribution is 5.71. The third-order valence-electron chi connectivity index (χ3n) is 15.9. The summed E-state index contributed by atoms with van der Waals surface area (Å²) < 4.78 is 17.0. The van der Waals surface area contributed by atoms with Gasteiger partial charge in [-0.2, -0.15) is 0 Å². The zero-order valence-electron chi connectivity index (χ0n) is 55.2. The average Bonchev–Trinajstić information content (AvgIpc) is 3.49. The molecular formula is C77H136O6. The van der Waals surface area contributed by atoms with Gasteiger partial charge in [-0.15, -0.1) is 0 Å². The summed E-state index contributed by atoms with van der Waals surface area (Å²) in [4.78, 5) is 38.5. The van der Waals surface area contributed by atoms with Crippen molar-refractivity contribution in [2.75, 3.05) is 13.2 Å². The predicted molar refractivity (Wildman–Crippen MR) is 362 cm³/mol. The molecule has 1 atom stereocenters. The maximum atomic E-state index is 13.0. The van der Waals surface area contributed by atoms with Gasteiger partial charge in [0.2, 0.25) is 0 Å². The van der Waals surface area contributed by atoms with E-state index in [-0.39, 0.29) is 31.1 Å². The fraction of sp³-hybridized carbons (Fsp3) is 0.779. The quantitative estimate of drug-likeness (QED) is 0.0261. The summed E-state index contributed by atoms with van der Waals surface area (Å²) in [6, 6.07) is 0. The van der Waals surface area contributed by atoms with Crippen molar-refractivity contribution in [2.24, 2.45) is 0 Å². The number of carbonyl (C=O) groups is 3. The molecule has 0 spiro atoms. The SMILES string of the molecule is CC/C=C\C/C=C\C/C=C\C/C=C\CCCCCCCCC(=O)OC(COC(=O)CCCCCCCCC/C=C\C/C=C\C/C=C\CC)COC(=O)CCCCCCCCCCCCCCCCCCCCCCCCCCCCCCC. The molecule has 0 fully saturated rings. The molecule has 0 aliphatic carbocycles. The monoisotopic (exact) mass is 1160 g/mol. The minimum Gasteiger partial charge on any atom is -0.462 e. The van der Waals surface area contributed by atoms with Crippen molar-refractivity contribution in [1.29, 1.82) is 0 Å². The molecule has 0 N–H and O–H groups in total. The number of esters is 3. The van der Waals surface area contributed by atoms with Crippen LogP contribution < -0.4 is 0 Å². The molecule has 0 aliphatic rings. The number of rotatable bonds is 66. The van der Waals surface area contributed by atoms with Crippen molar-refractivity contribution in [2.45, 2.75) is 374 Å². The standard InChI is InChI=1S/C77H136O6/c1-4-7-10-13-16-19-22-25-28-31-33-34-35-36-37-38-39-40-41-42-44-46-49-52-55-58-61-64-67-70-76(79)82-73-74(72-81-75(78)69-66-63-60-57-54-51-48-45-30-27-24-21-18-15-12-9-6-3)83-77(80)71-68-65-62-59-56-53-50-47-43-32-29-26-23-20-17-14-11-8-5-2/h8-9,11-12,17-18,20-21,26-27,29-30,43,47,74H,4-7,10,13-16,19,22-25,28,31-42,44-46,48-73H2,1-3H3/b11-8-,12-9-,20-17-,21-18-,29-26-,30-27-,47-43-. The van der Waals surface area contributed by atoms with E-state index in [0.29, 0.717) is 19.3 Å². The molecule has 0 rings (SSSR count). The highest BCUT2D eigenvalue weighted by atomic mass is 16.6. The fourth-order valence-electron chi connectivity index (χ4n) is 10.6. The highest BCUT2D eigenvalue weighted by Gasteiger charge is 2.19.